The minimum absolute atomic E-state index is 0.0284. The highest BCUT2D eigenvalue weighted by molar-refractivity contribution is 5.77. The summed E-state index contributed by atoms with van der Waals surface area (Å²) in [5, 5.41) is 10.2. The Morgan fingerprint density at radius 2 is 2.40 bits per heavy atom. The van der Waals surface area contributed by atoms with Crippen molar-refractivity contribution < 1.29 is 13.7 Å². The Kier molecular flexibility index (Phi) is 6.19. The normalized spacial score (nSPS) is 18.4. The second-order valence-electron chi connectivity index (χ2n) is 6.27. The van der Waals surface area contributed by atoms with Crippen molar-refractivity contribution in [1.29, 1.82) is 0 Å². The summed E-state index contributed by atoms with van der Waals surface area (Å²) in [6.45, 7) is 5.30. The van der Waals surface area contributed by atoms with E-state index in [4.69, 9.17) is 8.94 Å². The molecular formula is C17H25N5O3. The maximum absolute atomic E-state index is 11.9. The Morgan fingerprint density at radius 3 is 3.16 bits per heavy atom. The number of hydrogen-bond donors (Lipinski definition) is 2. The quantitative estimate of drug-likeness (QED) is 0.738. The summed E-state index contributed by atoms with van der Waals surface area (Å²) in [6.07, 6.45) is 4.51. The third-order valence-electron chi connectivity index (χ3n) is 4.27. The summed E-state index contributed by atoms with van der Waals surface area (Å²) in [5.74, 6) is 2.13. The number of nitrogens with one attached hydrogen (secondary N) is 2. The molecule has 3 heterocycles. The van der Waals surface area contributed by atoms with Gasteiger partial charge in [0.1, 0.15) is 5.76 Å². The lowest BCUT2D eigenvalue weighted by molar-refractivity contribution is -0.120. The number of aryl methyl sites for hydroxylation is 1. The van der Waals surface area contributed by atoms with Crippen molar-refractivity contribution in [2.45, 2.75) is 45.3 Å². The zero-order valence-corrected chi connectivity index (χ0v) is 14.5. The minimum atomic E-state index is -0.0284. The van der Waals surface area contributed by atoms with Crippen LogP contribution in [0.1, 0.15) is 37.2 Å². The zero-order chi connectivity index (χ0) is 17.5. The fourth-order valence-corrected chi connectivity index (χ4v) is 2.96. The largest absolute Gasteiger partial charge is 0.467 e. The standard InChI is InChI=1S/C17H25N5O3/c1-2-17-20-15(21-25-17)12-22-7-3-5-13(11-22)18-10-16(23)19-9-14-6-4-8-24-14/h4,6,8,13,18H,2-3,5,7,9-12H2,1H3,(H,19,23)/t13-/m0/s1. The molecule has 0 saturated carbocycles. The third kappa shape index (κ3) is 5.40. The molecule has 25 heavy (non-hydrogen) atoms. The highest BCUT2D eigenvalue weighted by atomic mass is 16.5. The molecule has 1 fully saturated rings. The van der Waals surface area contributed by atoms with Gasteiger partial charge in [0.2, 0.25) is 11.8 Å². The van der Waals surface area contributed by atoms with Crippen molar-refractivity contribution in [1.82, 2.24) is 25.7 Å². The first kappa shape index (κ1) is 17.6. The zero-order valence-electron chi connectivity index (χ0n) is 14.5. The van der Waals surface area contributed by atoms with E-state index in [-0.39, 0.29) is 5.91 Å². The van der Waals surface area contributed by atoms with Crippen molar-refractivity contribution in [2.24, 2.45) is 0 Å². The highest BCUT2D eigenvalue weighted by Crippen LogP contribution is 2.12. The number of hydrogen-bond acceptors (Lipinski definition) is 7. The molecule has 8 heteroatoms. The highest BCUT2D eigenvalue weighted by Gasteiger charge is 2.21. The number of nitrogens with zero attached hydrogens (tertiary/aromatic N) is 3. The first-order valence-electron chi connectivity index (χ1n) is 8.79. The number of aromatic nitrogens is 2. The molecule has 3 rings (SSSR count). The summed E-state index contributed by atoms with van der Waals surface area (Å²) in [5.41, 5.74) is 0. The van der Waals surface area contributed by atoms with Gasteiger partial charge in [-0.05, 0) is 31.5 Å². The second kappa shape index (κ2) is 8.77. The summed E-state index contributed by atoms with van der Waals surface area (Å²) in [4.78, 5) is 18.6. The van der Waals surface area contributed by atoms with Crippen LogP contribution in [-0.4, -0.2) is 46.6 Å². The molecule has 1 amide bonds. The second-order valence-corrected chi connectivity index (χ2v) is 6.27. The predicted octanol–water partition coefficient (Wildman–Crippen LogP) is 1.10. The first-order chi connectivity index (χ1) is 12.2. The molecule has 1 atom stereocenters. The van der Waals surface area contributed by atoms with Gasteiger partial charge >= 0.3 is 0 Å². The molecule has 1 aliphatic heterocycles. The molecule has 1 aliphatic rings. The summed E-state index contributed by atoms with van der Waals surface area (Å²) in [7, 11) is 0. The molecule has 2 aromatic heterocycles. The lowest BCUT2D eigenvalue weighted by Gasteiger charge is -2.32. The van der Waals surface area contributed by atoms with Crippen molar-refractivity contribution in [3.8, 4) is 0 Å². The molecule has 2 N–H and O–H groups in total. The molecule has 0 bridgehead atoms. The maximum atomic E-state index is 11.9. The summed E-state index contributed by atoms with van der Waals surface area (Å²) < 4.78 is 10.4. The van der Waals surface area contributed by atoms with Gasteiger partial charge in [0.25, 0.3) is 0 Å². The van der Waals surface area contributed by atoms with Crippen molar-refractivity contribution in [2.75, 3.05) is 19.6 Å². The van der Waals surface area contributed by atoms with Crippen molar-refractivity contribution in [3.63, 3.8) is 0 Å². The Bertz CT molecular complexity index is 655. The lowest BCUT2D eigenvalue weighted by atomic mass is 10.1. The smallest absolute Gasteiger partial charge is 0.234 e. The van der Waals surface area contributed by atoms with E-state index < -0.39 is 0 Å². The van der Waals surface area contributed by atoms with E-state index in [1.54, 1.807) is 6.26 Å². The molecule has 0 spiro atoms. The maximum Gasteiger partial charge on any atom is 0.234 e. The fraction of sp³-hybridized carbons (Fsp3) is 0.588. The number of amides is 1. The number of rotatable bonds is 8. The van der Waals surface area contributed by atoms with Crippen LogP contribution in [0.2, 0.25) is 0 Å². The topological polar surface area (TPSA) is 96.4 Å². The van der Waals surface area contributed by atoms with Gasteiger partial charge in [-0.15, -0.1) is 0 Å². The van der Waals surface area contributed by atoms with Gasteiger partial charge in [0.05, 0.1) is 25.9 Å². The third-order valence-corrected chi connectivity index (χ3v) is 4.27. The van der Waals surface area contributed by atoms with Gasteiger partial charge in [-0.1, -0.05) is 12.1 Å². The molecule has 0 unspecified atom stereocenters. The van der Waals surface area contributed by atoms with E-state index in [0.29, 0.717) is 31.6 Å². The van der Waals surface area contributed by atoms with Gasteiger partial charge in [-0.3, -0.25) is 9.69 Å². The molecule has 0 radical (unpaired) electrons. The van der Waals surface area contributed by atoms with Crippen LogP contribution in [0.25, 0.3) is 0 Å². The minimum Gasteiger partial charge on any atom is -0.467 e. The van der Waals surface area contributed by atoms with Gasteiger partial charge in [-0.2, -0.15) is 4.98 Å². The van der Waals surface area contributed by atoms with Gasteiger partial charge in [0.15, 0.2) is 5.82 Å². The summed E-state index contributed by atoms with van der Waals surface area (Å²) in [6, 6.07) is 3.94. The molecular weight excluding hydrogens is 322 g/mol. The van der Waals surface area contributed by atoms with Crippen molar-refractivity contribution >= 4 is 5.91 Å². The Hall–Kier alpha value is -2.19. The van der Waals surface area contributed by atoms with E-state index in [0.717, 1.165) is 43.9 Å². The Morgan fingerprint density at radius 1 is 1.48 bits per heavy atom. The predicted molar refractivity (Wildman–Crippen MR) is 90.5 cm³/mol. The SMILES string of the molecule is CCc1nc(CN2CCC[C@H](NCC(=O)NCc3ccco3)C2)no1. The number of furan rings is 1. The number of piperidine rings is 1. The van der Waals surface area contributed by atoms with Crippen LogP contribution in [0.4, 0.5) is 0 Å². The van der Waals surface area contributed by atoms with Crippen LogP contribution in [0.15, 0.2) is 27.3 Å². The van der Waals surface area contributed by atoms with E-state index in [1.165, 1.54) is 0 Å². The molecule has 2 aromatic rings. The van der Waals surface area contributed by atoms with Crippen LogP contribution in [0.5, 0.6) is 0 Å². The molecule has 8 nitrogen and oxygen atoms in total. The molecule has 0 aromatic carbocycles. The molecule has 136 valence electrons. The van der Waals surface area contributed by atoms with Crippen LogP contribution < -0.4 is 10.6 Å². The van der Waals surface area contributed by atoms with Crippen LogP contribution in [0.3, 0.4) is 0 Å². The van der Waals surface area contributed by atoms with Crippen LogP contribution in [-0.2, 0) is 24.3 Å². The lowest BCUT2D eigenvalue weighted by Crippen LogP contribution is -2.48. The van der Waals surface area contributed by atoms with Crippen molar-refractivity contribution in [3.05, 3.63) is 35.9 Å². The molecule has 0 aliphatic carbocycles. The van der Waals surface area contributed by atoms with Crippen LogP contribution in [0, 0.1) is 0 Å². The van der Waals surface area contributed by atoms with Gasteiger partial charge < -0.3 is 19.6 Å². The average Bonchev–Trinajstić information content (AvgIpc) is 3.30. The number of likely N-dealkylation sites (tertiary alicyclic amines) is 1. The van der Waals surface area contributed by atoms with E-state index in [2.05, 4.69) is 25.7 Å². The Balaban J connectivity index is 1.38. The number of carbonyl (C=O) groups excluding carboxylic acids is 1. The average molecular weight is 347 g/mol. The van der Waals surface area contributed by atoms with E-state index in [1.807, 2.05) is 19.1 Å². The van der Waals surface area contributed by atoms with Gasteiger partial charge in [0, 0.05) is 19.0 Å². The summed E-state index contributed by atoms with van der Waals surface area (Å²) >= 11 is 0. The van der Waals surface area contributed by atoms with Crippen LogP contribution >= 0.6 is 0 Å². The molecule has 1 saturated heterocycles. The number of carbonyl (C=O) groups is 1. The fourth-order valence-electron chi connectivity index (χ4n) is 2.96. The van der Waals surface area contributed by atoms with Gasteiger partial charge in [-0.25, -0.2) is 0 Å². The van der Waals surface area contributed by atoms with E-state index in [9.17, 15) is 4.79 Å². The van der Waals surface area contributed by atoms with E-state index >= 15 is 0 Å². The first-order valence-corrected chi connectivity index (χ1v) is 8.79. The monoisotopic (exact) mass is 347 g/mol. The Labute approximate surface area is 146 Å².